The molecule has 0 spiro atoms. The van der Waals surface area contributed by atoms with Gasteiger partial charge in [0, 0.05) is 37.1 Å². The molecular formula is C18H22N6O. The van der Waals surface area contributed by atoms with Crippen molar-refractivity contribution in [3.8, 4) is 11.3 Å². The Morgan fingerprint density at radius 1 is 1.28 bits per heavy atom. The summed E-state index contributed by atoms with van der Waals surface area (Å²) < 4.78 is 7.70. The number of fused-ring (bicyclic) bond motifs is 2. The fourth-order valence-electron chi connectivity index (χ4n) is 4.09. The van der Waals surface area contributed by atoms with Gasteiger partial charge < -0.3 is 9.64 Å². The minimum Gasteiger partial charge on any atom is -0.381 e. The molecule has 0 bridgehead atoms. The summed E-state index contributed by atoms with van der Waals surface area (Å²) in [5.74, 6) is 1.03. The average Bonchev–Trinajstić information content (AvgIpc) is 3.20. The highest BCUT2D eigenvalue weighted by atomic mass is 16.5. The van der Waals surface area contributed by atoms with Gasteiger partial charge in [-0.3, -0.25) is 9.78 Å². The number of aromatic nitrogens is 5. The van der Waals surface area contributed by atoms with E-state index in [-0.39, 0.29) is 0 Å². The first kappa shape index (κ1) is 14.9. The number of hydrogen-bond acceptors (Lipinski definition) is 5. The lowest BCUT2D eigenvalue weighted by atomic mass is 10.1. The molecule has 0 aromatic carbocycles. The van der Waals surface area contributed by atoms with Crippen LogP contribution in [0.3, 0.4) is 0 Å². The van der Waals surface area contributed by atoms with E-state index in [1.54, 1.807) is 0 Å². The lowest BCUT2D eigenvalue weighted by Crippen LogP contribution is -2.40. The second-order valence-corrected chi connectivity index (χ2v) is 7.14. The van der Waals surface area contributed by atoms with Crippen molar-refractivity contribution in [1.29, 1.82) is 0 Å². The van der Waals surface area contributed by atoms with Gasteiger partial charge >= 0.3 is 0 Å². The molecule has 0 saturated carbocycles. The molecule has 1 N–H and O–H groups in total. The van der Waals surface area contributed by atoms with Crippen molar-refractivity contribution in [2.45, 2.75) is 45.3 Å². The third-order valence-electron chi connectivity index (χ3n) is 5.32. The lowest BCUT2D eigenvalue weighted by molar-refractivity contribution is 0.0839. The minimum absolute atomic E-state index is 0.309. The standard InChI is InChI=1S/C18H22N6O/c1-11(2)24-15-10-23(12-4-7-25-8-5-12)18-16-14(3-6-19-18)21-22-17(16)13(15)9-20-24/h3,6,9,11-12H,4-5,7-8,10H2,1-2H3,(H,21,22). The van der Waals surface area contributed by atoms with E-state index in [1.165, 1.54) is 5.69 Å². The van der Waals surface area contributed by atoms with E-state index in [1.807, 2.05) is 18.5 Å². The van der Waals surface area contributed by atoms with Crippen LogP contribution in [0.15, 0.2) is 18.5 Å². The van der Waals surface area contributed by atoms with Crippen LogP contribution in [0.2, 0.25) is 0 Å². The van der Waals surface area contributed by atoms with Crippen LogP contribution in [-0.2, 0) is 11.3 Å². The fraction of sp³-hybridized carbons (Fsp3) is 0.500. The third kappa shape index (κ3) is 2.18. The van der Waals surface area contributed by atoms with Crippen molar-refractivity contribution in [3.63, 3.8) is 0 Å². The van der Waals surface area contributed by atoms with E-state index in [0.29, 0.717) is 12.1 Å². The summed E-state index contributed by atoms with van der Waals surface area (Å²) in [7, 11) is 0. The summed E-state index contributed by atoms with van der Waals surface area (Å²) >= 11 is 0. The number of nitrogens with zero attached hydrogens (tertiary/aromatic N) is 5. The zero-order chi connectivity index (χ0) is 17.0. The van der Waals surface area contributed by atoms with Crippen LogP contribution < -0.4 is 4.90 Å². The molecule has 3 aromatic rings. The summed E-state index contributed by atoms with van der Waals surface area (Å²) in [6, 6.07) is 2.73. The van der Waals surface area contributed by atoms with Crippen LogP contribution in [0, 0.1) is 0 Å². The summed E-state index contributed by atoms with van der Waals surface area (Å²) in [5.41, 5.74) is 4.33. The van der Waals surface area contributed by atoms with E-state index in [9.17, 15) is 0 Å². The van der Waals surface area contributed by atoms with Gasteiger partial charge in [0.2, 0.25) is 0 Å². The van der Waals surface area contributed by atoms with E-state index >= 15 is 0 Å². The van der Waals surface area contributed by atoms with Gasteiger partial charge in [-0.15, -0.1) is 0 Å². The number of nitrogens with one attached hydrogen (secondary N) is 1. The molecule has 0 aliphatic carbocycles. The molecule has 2 aliphatic rings. The minimum atomic E-state index is 0.309. The smallest absolute Gasteiger partial charge is 0.140 e. The van der Waals surface area contributed by atoms with E-state index < -0.39 is 0 Å². The molecule has 25 heavy (non-hydrogen) atoms. The molecule has 2 aliphatic heterocycles. The van der Waals surface area contributed by atoms with Crippen molar-refractivity contribution in [1.82, 2.24) is 25.0 Å². The largest absolute Gasteiger partial charge is 0.381 e. The van der Waals surface area contributed by atoms with Gasteiger partial charge in [-0.2, -0.15) is 10.2 Å². The number of anilines is 1. The number of H-pyrrole nitrogens is 1. The normalized spacial score (nSPS) is 18.0. The molecule has 130 valence electrons. The Hall–Kier alpha value is -2.41. The second-order valence-electron chi connectivity index (χ2n) is 7.14. The van der Waals surface area contributed by atoms with Crippen molar-refractivity contribution in [2.24, 2.45) is 0 Å². The van der Waals surface area contributed by atoms with E-state index in [4.69, 9.17) is 9.72 Å². The highest BCUT2D eigenvalue weighted by molar-refractivity contribution is 6.02. The predicted octanol–water partition coefficient (Wildman–Crippen LogP) is 2.90. The molecule has 0 amide bonds. The number of hydrogen-bond donors (Lipinski definition) is 1. The van der Waals surface area contributed by atoms with Gasteiger partial charge in [0.05, 0.1) is 29.3 Å². The van der Waals surface area contributed by atoms with Crippen LogP contribution in [0.5, 0.6) is 0 Å². The van der Waals surface area contributed by atoms with Gasteiger partial charge in [0.1, 0.15) is 11.5 Å². The predicted molar refractivity (Wildman–Crippen MR) is 95.5 cm³/mol. The number of ether oxygens (including phenoxy) is 1. The Balaban J connectivity index is 1.75. The van der Waals surface area contributed by atoms with Crippen molar-refractivity contribution < 1.29 is 4.74 Å². The van der Waals surface area contributed by atoms with Crippen LogP contribution in [0.1, 0.15) is 38.4 Å². The zero-order valence-corrected chi connectivity index (χ0v) is 14.6. The highest BCUT2D eigenvalue weighted by Crippen LogP contribution is 2.40. The molecule has 0 radical (unpaired) electrons. The highest BCUT2D eigenvalue weighted by Gasteiger charge is 2.32. The first-order valence-corrected chi connectivity index (χ1v) is 8.98. The van der Waals surface area contributed by atoms with E-state index in [0.717, 1.165) is 60.6 Å². The first-order valence-electron chi connectivity index (χ1n) is 8.98. The quantitative estimate of drug-likeness (QED) is 0.778. The average molecular weight is 338 g/mol. The third-order valence-corrected chi connectivity index (χ3v) is 5.32. The summed E-state index contributed by atoms with van der Waals surface area (Å²) in [6.45, 7) is 6.77. The van der Waals surface area contributed by atoms with Crippen LogP contribution in [0.4, 0.5) is 5.82 Å². The molecule has 5 heterocycles. The van der Waals surface area contributed by atoms with E-state index in [2.05, 4.69) is 38.7 Å². The van der Waals surface area contributed by atoms with Gasteiger partial charge in [0.15, 0.2) is 0 Å². The maximum Gasteiger partial charge on any atom is 0.140 e. The lowest BCUT2D eigenvalue weighted by Gasteiger charge is -2.35. The molecule has 7 heteroatoms. The van der Waals surface area contributed by atoms with Crippen molar-refractivity contribution >= 4 is 16.7 Å². The molecule has 0 unspecified atom stereocenters. The Bertz CT molecular complexity index is 921. The molecule has 0 atom stereocenters. The maximum absolute atomic E-state index is 5.58. The fourth-order valence-corrected chi connectivity index (χ4v) is 4.09. The number of rotatable bonds is 2. The van der Waals surface area contributed by atoms with Crippen molar-refractivity contribution in [2.75, 3.05) is 18.1 Å². The SMILES string of the molecule is CC(C)n1ncc2c1CN(C1CCOCC1)c1nccc3[nH]nc-2c13. The zero-order valence-electron chi connectivity index (χ0n) is 14.6. The van der Waals surface area contributed by atoms with Crippen LogP contribution >= 0.6 is 0 Å². The molecule has 1 fully saturated rings. The summed E-state index contributed by atoms with van der Waals surface area (Å²) in [4.78, 5) is 7.20. The molecule has 7 nitrogen and oxygen atoms in total. The summed E-state index contributed by atoms with van der Waals surface area (Å²) in [5, 5.41) is 13.5. The monoisotopic (exact) mass is 338 g/mol. The number of aromatic amines is 1. The van der Waals surface area contributed by atoms with Crippen molar-refractivity contribution in [3.05, 3.63) is 24.2 Å². The first-order chi connectivity index (χ1) is 12.2. The Kier molecular flexibility index (Phi) is 3.31. The van der Waals surface area contributed by atoms with Gasteiger partial charge in [-0.05, 0) is 32.8 Å². The molecule has 1 saturated heterocycles. The Morgan fingerprint density at radius 3 is 2.92 bits per heavy atom. The number of pyridine rings is 1. The van der Waals surface area contributed by atoms with Crippen LogP contribution in [-0.4, -0.2) is 44.2 Å². The van der Waals surface area contributed by atoms with Crippen LogP contribution in [0.25, 0.3) is 22.2 Å². The topological polar surface area (TPSA) is 71.9 Å². The molecule has 5 rings (SSSR count). The summed E-state index contributed by atoms with van der Waals surface area (Å²) in [6.07, 6.45) is 5.87. The Morgan fingerprint density at radius 2 is 2.12 bits per heavy atom. The maximum atomic E-state index is 5.58. The second kappa shape index (κ2) is 5.56. The van der Waals surface area contributed by atoms with Gasteiger partial charge in [-0.25, -0.2) is 4.98 Å². The Labute approximate surface area is 146 Å². The van der Waals surface area contributed by atoms with Gasteiger partial charge in [0.25, 0.3) is 0 Å². The molecule has 3 aromatic heterocycles. The molecular weight excluding hydrogens is 316 g/mol. The van der Waals surface area contributed by atoms with Gasteiger partial charge in [-0.1, -0.05) is 0 Å².